The molecule has 0 saturated heterocycles. The third kappa shape index (κ3) is 2.76. The summed E-state index contributed by atoms with van der Waals surface area (Å²) in [5.41, 5.74) is 2.04. The predicted molar refractivity (Wildman–Crippen MR) is 81.4 cm³/mol. The quantitative estimate of drug-likeness (QED) is 0.927. The van der Waals surface area contributed by atoms with Crippen molar-refractivity contribution < 1.29 is 9.59 Å². The molecule has 0 unspecified atom stereocenters. The second-order valence-electron chi connectivity index (χ2n) is 4.81. The van der Waals surface area contributed by atoms with Crippen LogP contribution in [-0.4, -0.2) is 18.4 Å². The second kappa shape index (κ2) is 5.58. The predicted octanol–water partition coefficient (Wildman–Crippen LogP) is 2.62. The van der Waals surface area contributed by atoms with Gasteiger partial charge in [-0.05, 0) is 29.8 Å². The van der Waals surface area contributed by atoms with Gasteiger partial charge >= 0.3 is 0 Å². The molecular formula is C16H13ClN2O2. The summed E-state index contributed by atoms with van der Waals surface area (Å²) < 4.78 is 0. The number of rotatable bonds is 2. The zero-order chi connectivity index (χ0) is 14.8. The molecule has 0 aliphatic carbocycles. The number of benzene rings is 2. The lowest BCUT2D eigenvalue weighted by Gasteiger charge is -2.22. The van der Waals surface area contributed by atoms with Crippen molar-refractivity contribution in [3.05, 3.63) is 64.7 Å². The molecule has 3 rings (SSSR count). The fourth-order valence-corrected chi connectivity index (χ4v) is 2.59. The van der Waals surface area contributed by atoms with Gasteiger partial charge in [0.25, 0.3) is 5.91 Å². The van der Waals surface area contributed by atoms with Crippen LogP contribution in [0.15, 0.2) is 48.5 Å². The number of para-hydroxylation sites is 1. The molecule has 0 radical (unpaired) electrons. The molecule has 0 atom stereocenters. The van der Waals surface area contributed by atoms with Crippen LogP contribution in [0.2, 0.25) is 5.02 Å². The van der Waals surface area contributed by atoms with E-state index < -0.39 is 0 Å². The van der Waals surface area contributed by atoms with Crippen LogP contribution in [0.4, 0.5) is 5.69 Å². The fourth-order valence-electron chi connectivity index (χ4n) is 2.37. The van der Waals surface area contributed by atoms with Gasteiger partial charge in [0.05, 0.1) is 24.3 Å². The van der Waals surface area contributed by atoms with E-state index in [1.807, 2.05) is 24.3 Å². The van der Waals surface area contributed by atoms with E-state index >= 15 is 0 Å². The summed E-state index contributed by atoms with van der Waals surface area (Å²) in [6.45, 7) is 0.374. The van der Waals surface area contributed by atoms with Crippen molar-refractivity contribution >= 4 is 29.1 Å². The molecular weight excluding hydrogens is 288 g/mol. The van der Waals surface area contributed by atoms with Gasteiger partial charge in [0, 0.05) is 5.02 Å². The Kier molecular flexibility index (Phi) is 3.62. The van der Waals surface area contributed by atoms with Crippen molar-refractivity contribution in [3.63, 3.8) is 0 Å². The molecule has 4 nitrogen and oxygen atoms in total. The molecule has 106 valence electrons. The highest BCUT2D eigenvalue weighted by atomic mass is 35.5. The molecule has 0 fully saturated rings. The molecule has 2 aromatic rings. The lowest BCUT2D eigenvalue weighted by molar-refractivity contribution is -0.117. The fraction of sp³-hybridized carbons (Fsp3) is 0.125. The Morgan fingerprint density at radius 3 is 2.71 bits per heavy atom. The first-order chi connectivity index (χ1) is 10.1. The largest absolute Gasteiger partial charge is 0.343 e. The second-order valence-corrected chi connectivity index (χ2v) is 5.25. The maximum Gasteiger partial charge on any atom is 0.253 e. The Bertz CT molecular complexity index is 715. The Labute approximate surface area is 127 Å². The van der Waals surface area contributed by atoms with E-state index in [9.17, 15) is 9.59 Å². The van der Waals surface area contributed by atoms with Gasteiger partial charge in [-0.15, -0.1) is 0 Å². The molecule has 1 aliphatic heterocycles. The van der Waals surface area contributed by atoms with Crippen molar-refractivity contribution in [3.8, 4) is 0 Å². The minimum Gasteiger partial charge on any atom is -0.343 e. The van der Waals surface area contributed by atoms with Crippen LogP contribution in [0.3, 0.4) is 0 Å². The van der Waals surface area contributed by atoms with E-state index in [0.717, 1.165) is 5.56 Å². The van der Waals surface area contributed by atoms with Gasteiger partial charge in [0.1, 0.15) is 0 Å². The van der Waals surface area contributed by atoms with E-state index in [-0.39, 0.29) is 18.4 Å². The number of nitrogens with zero attached hydrogens (tertiary/aromatic N) is 1. The number of fused-ring (bicyclic) bond motifs is 1. The van der Waals surface area contributed by atoms with Gasteiger partial charge < -0.3 is 10.2 Å². The number of nitrogens with one attached hydrogen (secondary N) is 1. The minimum atomic E-state index is -0.229. The maximum absolute atomic E-state index is 12.3. The molecule has 1 heterocycles. The lowest BCUT2D eigenvalue weighted by Crippen LogP contribution is -2.36. The summed E-state index contributed by atoms with van der Waals surface area (Å²) in [5, 5.41) is 3.24. The van der Waals surface area contributed by atoms with Gasteiger partial charge in [-0.1, -0.05) is 35.9 Å². The summed E-state index contributed by atoms with van der Waals surface area (Å²) in [6.07, 6.45) is 0. The number of carbonyl (C=O) groups excluding carboxylic acids is 2. The van der Waals surface area contributed by atoms with Crippen molar-refractivity contribution in [2.24, 2.45) is 0 Å². The Morgan fingerprint density at radius 1 is 1.10 bits per heavy atom. The highest BCUT2D eigenvalue weighted by molar-refractivity contribution is 6.30. The number of halogens is 1. The summed E-state index contributed by atoms with van der Waals surface area (Å²) in [6, 6.07) is 14.4. The number of carbonyl (C=O) groups is 2. The highest BCUT2D eigenvalue weighted by Gasteiger charge is 2.25. The summed E-state index contributed by atoms with van der Waals surface area (Å²) in [4.78, 5) is 25.9. The molecule has 1 N–H and O–H groups in total. The van der Waals surface area contributed by atoms with Gasteiger partial charge in [0.15, 0.2) is 0 Å². The molecule has 0 spiro atoms. The van der Waals surface area contributed by atoms with Crippen LogP contribution in [0.25, 0.3) is 0 Å². The van der Waals surface area contributed by atoms with Crippen LogP contribution >= 0.6 is 11.6 Å². The Hall–Kier alpha value is -2.33. The first kappa shape index (κ1) is 13.6. The van der Waals surface area contributed by atoms with E-state index in [1.54, 1.807) is 29.2 Å². The number of hydrogen-bond donors (Lipinski definition) is 1. The van der Waals surface area contributed by atoms with Crippen LogP contribution in [0, 0.1) is 0 Å². The maximum atomic E-state index is 12.3. The third-order valence-corrected chi connectivity index (χ3v) is 3.61. The Balaban J connectivity index is 2.01. The zero-order valence-electron chi connectivity index (χ0n) is 11.2. The summed E-state index contributed by atoms with van der Waals surface area (Å²) in [5.74, 6) is -0.374. The molecule has 21 heavy (non-hydrogen) atoms. The van der Waals surface area contributed by atoms with Crippen LogP contribution in [-0.2, 0) is 11.3 Å². The van der Waals surface area contributed by atoms with Crippen molar-refractivity contribution in [2.45, 2.75) is 6.54 Å². The van der Waals surface area contributed by atoms with Gasteiger partial charge in [0.2, 0.25) is 5.91 Å². The van der Waals surface area contributed by atoms with E-state index in [4.69, 9.17) is 11.6 Å². The summed E-state index contributed by atoms with van der Waals surface area (Å²) in [7, 11) is 0. The minimum absolute atomic E-state index is 0.00587. The monoisotopic (exact) mass is 300 g/mol. The third-order valence-electron chi connectivity index (χ3n) is 3.37. The first-order valence-electron chi connectivity index (χ1n) is 6.57. The highest BCUT2D eigenvalue weighted by Crippen LogP contribution is 2.25. The van der Waals surface area contributed by atoms with Crippen molar-refractivity contribution in [1.29, 1.82) is 0 Å². The van der Waals surface area contributed by atoms with E-state index in [2.05, 4.69) is 5.32 Å². The topological polar surface area (TPSA) is 49.4 Å². The first-order valence-corrected chi connectivity index (χ1v) is 6.95. The molecule has 0 saturated carbocycles. The van der Waals surface area contributed by atoms with Crippen LogP contribution in [0.5, 0.6) is 0 Å². The molecule has 5 heteroatoms. The average Bonchev–Trinajstić information content (AvgIpc) is 2.60. The van der Waals surface area contributed by atoms with Gasteiger partial charge in [-0.2, -0.15) is 0 Å². The lowest BCUT2D eigenvalue weighted by atomic mass is 10.1. The van der Waals surface area contributed by atoms with Crippen LogP contribution in [0.1, 0.15) is 15.9 Å². The molecule has 0 aromatic heterocycles. The number of anilines is 1. The van der Waals surface area contributed by atoms with Gasteiger partial charge in [-0.3, -0.25) is 9.59 Å². The summed E-state index contributed by atoms with van der Waals surface area (Å²) >= 11 is 5.98. The van der Waals surface area contributed by atoms with Crippen molar-refractivity contribution in [1.82, 2.24) is 5.32 Å². The zero-order valence-corrected chi connectivity index (χ0v) is 11.9. The van der Waals surface area contributed by atoms with Crippen LogP contribution < -0.4 is 10.2 Å². The molecule has 2 amide bonds. The normalized spacial score (nSPS) is 14.4. The Morgan fingerprint density at radius 2 is 1.90 bits per heavy atom. The standard InChI is InChI=1S/C16H13ClN2O2/c17-12-5-3-4-11(8-12)10-19-14-7-2-1-6-13(14)16(21)18-9-15(19)20/h1-8H,9-10H2,(H,18,21). The average molecular weight is 301 g/mol. The smallest absolute Gasteiger partial charge is 0.253 e. The molecule has 0 bridgehead atoms. The molecule has 1 aliphatic rings. The number of hydrogen-bond acceptors (Lipinski definition) is 2. The van der Waals surface area contributed by atoms with Crippen molar-refractivity contribution in [2.75, 3.05) is 11.4 Å². The molecule has 2 aromatic carbocycles. The van der Waals surface area contributed by atoms with E-state index in [1.165, 1.54) is 0 Å². The SMILES string of the molecule is O=C1NCC(=O)N(Cc2cccc(Cl)c2)c2ccccc21. The van der Waals surface area contributed by atoms with E-state index in [0.29, 0.717) is 22.8 Å². The number of amides is 2. The van der Waals surface area contributed by atoms with Gasteiger partial charge in [-0.25, -0.2) is 0 Å².